The molecule has 3 rings (SSSR count). The summed E-state index contributed by atoms with van der Waals surface area (Å²) in [4.78, 5) is 70.8. The maximum atomic E-state index is 13.6. The lowest BCUT2D eigenvalue weighted by atomic mass is 9.80. The number of aliphatic hydroxyl groups excluding tert-OH is 1. The van der Waals surface area contributed by atoms with Crippen LogP contribution in [-0.4, -0.2) is 68.6 Å². The van der Waals surface area contributed by atoms with E-state index in [0.29, 0.717) is 42.1 Å². The van der Waals surface area contributed by atoms with Gasteiger partial charge in [0.2, 0.25) is 11.8 Å². The molecule has 256 valence electrons. The minimum absolute atomic E-state index is 0.0139. The molecular weight excluding hydrogens is 598 g/mol. The molecular formula is C36H51N5O6. The number of Topliss-reactive ketones (excluding diaryl/α,β-unsaturated/α-hetero) is 1. The maximum Gasteiger partial charge on any atom is 0.285 e. The van der Waals surface area contributed by atoms with Crippen molar-refractivity contribution in [2.45, 2.75) is 104 Å². The zero-order valence-electron chi connectivity index (χ0n) is 28.4. The summed E-state index contributed by atoms with van der Waals surface area (Å²) < 4.78 is 0. The van der Waals surface area contributed by atoms with Crippen LogP contribution in [0.3, 0.4) is 0 Å². The van der Waals surface area contributed by atoms with Crippen LogP contribution in [0, 0.1) is 23.7 Å². The van der Waals surface area contributed by atoms with Crippen LogP contribution < -0.4 is 16.8 Å². The monoisotopic (exact) mass is 649 g/mol. The third-order valence-corrected chi connectivity index (χ3v) is 9.13. The van der Waals surface area contributed by atoms with Crippen LogP contribution >= 0.6 is 0 Å². The van der Waals surface area contributed by atoms with Crippen LogP contribution in [0.1, 0.15) is 99.2 Å². The second-order valence-corrected chi connectivity index (χ2v) is 13.7. The highest BCUT2D eigenvalue weighted by atomic mass is 16.3. The highest BCUT2D eigenvalue weighted by molar-refractivity contribution is 6.21. The molecule has 4 amide bonds. The van der Waals surface area contributed by atoms with Gasteiger partial charge in [-0.05, 0) is 60.1 Å². The third kappa shape index (κ3) is 9.85. The van der Waals surface area contributed by atoms with E-state index < -0.39 is 47.9 Å². The number of nitrogens with two attached hydrogens (primary N) is 2. The van der Waals surface area contributed by atoms with E-state index in [4.69, 9.17) is 11.5 Å². The molecule has 47 heavy (non-hydrogen) atoms. The minimum Gasteiger partial charge on any atom is -0.392 e. The Labute approximate surface area is 277 Å². The van der Waals surface area contributed by atoms with Gasteiger partial charge >= 0.3 is 0 Å². The third-order valence-electron chi connectivity index (χ3n) is 9.13. The molecule has 0 aliphatic carbocycles. The van der Waals surface area contributed by atoms with Gasteiger partial charge in [-0.2, -0.15) is 0 Å². The topological polar surface area (TPSA) is 186 Å². The van der Waals surface area contributed by atoms with Crippen LogP contribution in [0.25, 0.3) is 0 Å². The van der Waals surface area contributed by atoms with Crippen molar-refractivity contribution in [1.29, 1.82) is 0 Å². The lowest BCUT2D eigenvalue weighted by Gasteiger charge is -2.28. The number of amides is 4. The summed E-state index contributed by atoms with van der Waals surface area (Å²) in [5.74, 6) is -3.16. The Bertz CT molecular complexity index is 1430. The number of benzene rings is 1. The average Bonchev–Trinajstić information content (AvgIpc) is 3.30. The number of imide groups is 3. The van der Waals surface area contributed by atoms with E-state index in [0.717, 1.165) is 5.56 Å². The molecule has 2 unspecified atom stereocenters. The van der Waals surface area contributed by atoms with Gasteiger partial charge in [0.25, 0.3) is 11.8 Å². The number of pyridine rings is 1. The second-order valence-electron chi connectivity index (χ2n) is 13.7. The van der Waals surface area contributed by atoms with Gasteiger partial charge in [0.05, 0.1) is 25.0 Å². The number of likely N-dealkylation sites (tertiary alicyclic amines) is 1. The summed E-state index contributed by atoms with van der Waals surface area (Å²) in [5.41, 5.74) is 13.9. The van der Waals surface area contributed by atoms with E-state index in [-0.39, 0.29) is 47.6 Å². The fourth-order valence-electron chi connectivity index (χ4n) is 5.86. The molecule has 1 saturated heterocycles. The normalized spacial score (nSPS) is 18.3. The maximum absolute atomic E-state index is 13.6. The molecule has 11 heteroatoms. The zero-order chi connectivity index (χ0) is 35.0. The molecule has 6 N–H and O–H groups in total. The number of ketones is 1. The number of nitrogens with one attached hydrogen (secondary N) is 1. The van der Waals surface area contributed by atoms with Gasteiger partial charge in [0.1, 0.15) is 11.7 Å². The Kier molecular flexibility index (Phi) is 13.5. The number of rotatable bonds is 16. The number of nitrogens with zero attached hydrogens (tertiary/aromatic N) is 2. The summed E-state index contributed by atoms with van der Waals surface area (Å²) in [6.45, 7) is 11.9. The van der Waals surface area contributed by atoms with E-state index in [1.54, 1.807) is 24.3 Å². The molecule has 1 aromatic carbocycles. The van der Waals surface area contributed by atoms with Crippen LogP contribution in [0.15, 0.2) is 42.6 Å². The second kappa shape index (κ2) is 16.9. The summed E-state index contributed by atoms with van der Waals surface area (Å²) >= 11 is 0. The number of aliphatic hydroxyl groups is 1. The fourth-order valence-corrected chi connectivity index (χ4v) is 5.86. The first kappa shape index (κ1) is 37.7. The van der Waals surface area contributed by atoms with Crippen molar-refractivity contribution in [1.82, 2.24) is 15.2 Å². The first-order valence-electron chi connectivity index (χ1n) is 16.6. The van der Waals surface area contributed by atoms with Crippen molar-refractivity contribution in [3.05, 3.63) is 65.0 Å². The highest BCUT2D eigenvalue weighted by Gasteiger charge is 2.44. The first-order chi connectivity index (χ1) is 22.1. The van der Waals surface area contributed by atoms with Gasteiger partial charge in [-0.1, -0.05) is 78.3 Å². The molecule has 0 bridgehead atoms. The van der Waals surface area contributed by atoms with Gasteiger partial charge in [0.15, 0.2) is 5.78 Å². The molecule has 1 fully saturated rings. The van der Waals surface area contributed by atoms with Crippen molar-refractivity contribution in [3.8, 4) is 0 Å². The standard InChI is InChI=1S/C36H51N5O6/c1-7-22(6)33(38)34(45)26-19-39-28(16-25(26)15-24(21(4)5)17-30(42)27(37)13-20(2)3)35(46)41-32(44)18-29(36(41)47)40-31(43)14-23-11-9-8-10-12-23/h8-12,16,19-22,24,27,29-30,33,42H,7,13-15,17-18,37-38H2,1-6H3,(H,40,43)/t22-,24?,27-,29?,30-,33+/m0/s1. The van der Waals surface area contributed by atoms with Crippen molar-refractivity contribution in [3.63, 3.8) is 0 Å². The molecule has 2 aromatic rings. The number of carbonyl (C=O) groups is 5. The molecule has 0 spiro atoms. The van der Waals surface area contributed by atoms with Crippen molar-refractivity contribution in [2.75, 3.05) is 0 Å². The molecule has 1 aliphatic heterocycles. The summed E-state index contributed by atoms with van der Waals surface area (Å²) in [5, 5.41) is 13.5. The predicted octanol–water partition coefficient (Wildman–Crippen LogP) is 3.20. The Morgan fingerprint density at radius 3 is 2.30 bits per heavy atom. The number of aromatic nitrogens is 1. The van der Waals surface area contributed by atoms with Crippen molar-refractivity contribution in [2.24, 2.45) is 35.1 Å². The highest BCUT2D eigenvalue weighted by Crippen LogP contribution is 2.28. The summed E-state index contributed by atoms with van der Waals surface area (Å²) in [6, 6.07) is 7.99. The van der Waals surface area contributed by atoms with Gasteiger partial charge in [-0.15, -0.1) is 0 Å². The predicted molar refractivity (Wildman–Crippen MR) is 179 cm³/mol. The molecule has 0 saturated carbocycles. The summed E-state index contributed by atoms with van der Waals surface area (Å²) in [7, 11) is 0. The lowest BCUT2D eigenvalue weighted by Crippen LogP contribution is -2.44. The van der Waals surface area contributed by atoms with Crippen molar-refractivity contribution >= 4 is 29.4 Å². The zero-order valence-corrected chi connectivity index (χ0v) is 28.4. The Hall–Kier alpha value is -3.80. The van der Waals surface area contributed by atoms with Crippen LogP contribution in [-0.2, 0) is 27.2 Å². The first-order valence-corrected chi connectivity index (χ1v) is 16.6. The molecule has 11 nitrogen and oxygen atoms in total. The molecule has 6 atom stereocenters. The average molecular weight is 650 g/mol. The van der Waals surface area contributed by atoms with Gasteiger partial charge in [-0.3, -0.25) is 29.0 Å². The molecule has 0 radical (unpaired) electrons. The van der Waals surface area contributed by atoms with Crippen LogP contribution in [0.2, 0.25) is 0 Å². The van der Waals surface area contributed by atoms with E-state index in [1.807, 2.05) is 47.6 Å². The minimum atomic E-state index is -1.18. The Morgan fingerprint density at radius 1 is 1.04 bits per heavy atom. The molecule has 1 aliphatic rings. The quantitative estimate of drug-likeness (QED) is 0.157. The SMILES string of the molecule is CC[C@H](C)[C@@H](N)C(=O)c1cnc(C(=O)N2C(=O)CC(NC(=O)Cc3ccccc3)C2=O)cc1CC(C[C@H](O)[C@@H](N)CC(C)C)C(C)C. The largest absolute Gasteiger partial charge is 0.392 e. The van der Waals surface area contributed by atoms with Gasteiger partial charge in [-0.25, -0.2) is 4.90 Å². The Morgan fingerprint density at radius 2 is 1.70 bits per heavy atom. The lowest BCUT2D eigenvalue weighted by molar-refractivity contribution is -0.136. The van der Waals surface area contributed by atoms with E-state index >= 15 is 0 Å². The van der Waals surface area contributed by atoms with Crippen LogP contribution in [0.4, 0.5) is 0 Å². The fraction of sp³-hybridized carbons (Fsp3) is 0.556. The van der Waals surface area contributed by atoms with E-state index in [1.165, 1.54) is 12.3 Å². The number of hydrogen-bond acceptors (Lipinski definition) is 9. The number of hydrogen-bond donors (Lipinski definition) is 4. The smallest absolute Gasteiger partial charge is 0.285 e. The number of carbonyl (C=O) groups excluding carboxylic acids is 5. The molecule has 2 heterocycles. The van der Waals surface area contributed by atoms with E-state index in [2.05, 4.69) is 10.3 Å². The Balaban J connectivity index is 1.90. The van der Waals surface area contributed by atoms with Crippen molar-refractivity contribution < 1.29 is 29.1 Å². The van der Waals surface area contributed by atoms with Gasteiger partial charge in [0, 0.05) is 17.8 Å². The van der Waals surface area contributed by atoms with Crippen LogP contribution in [0.5, 0.6) is 0 Å². The summed E-state index contributed by atoms with van der Waals surface area (Å²) in [6.07, 6.45) is 2.18. The molecule has 1 aromatic heterocycles. The van der Waals surface area contributed by atoms with E-state index in [9.17, 15) is 29.1 Å². The van der Waals surface area contributed by atoms with Gasteiger partial charge < -0.3 is 21.9 Å².